The molecule has 1 aromatic rings. The maximum atomic E-state index is 12.1. The Kier molecular flexibility index (Phi) is 4.91. The monoisotopic (exact) mass is 322 g/mol. The van der Waals surface area contributed by atoms with Crippen molar-refractivity contribution in [1.82, 2.24) is 0 Å². The Morgan fingerprint density at radius 3 is 2.15 bits per heavy atom. The van der Waals surface area contributed by atoms with Crippen LogP contribution in [-0.2, 0) is 25.7 Å². The molecule has 68 valence electrons. The maximum Gasteiger partial charge on any atom is 0.417 e. The second-order valence-electron chi connectivity index (χ2n) is 2.12. The van der Waals surface area contributed by atoms with Gasteiger partial charge in [0.05, 0.1) is 5.56 Å². The van der Waals surface area contributed by atoms with Crippen LogP contribution in [0.1, 0.15) is 5.56 Å². The molecule has 6 heteroatoms. The molecule has 0 aliphatic carbocycles. The minimum atomic E-state index is -4.33. The van der Waals surface area contributed by atoms with Crippen LogP contribution in [0.5, 0.6) is 0 Å². The van der Waals surface area contributed by atoms with Gasteiger partial charge in [-0.05, 0) is 18.2 Å². The van der Waals surface area contributed by atoms with Gasteiger partial charge in [-0.1, -0.05) is 27.5 Å². The van der Waals surface area contributed by atoms with Crippen LogP contribution in [0.15, 0.2) is 22.7 Å². The van der Waals surface area contributed by atoms with Crippen LogP contribution in [0, 0.1) is 0 Å². The normalized spacial score (nSPS) is 10.8. The van der Waals surface area contributed by atoms with Gasteiger partial charge < -0.3 is 0 Å². The second kappa shape index (κ2) is 4.76. The van der Waals surface area contributed by atoms with Gasteiger partial charge in [-0.15, -0.1) is 0 Å². The van der Waals surface area contributed by atoms with Gasteiger partial charge in [-0.3, -0.25) is 0 Å². The van der Waals surface area contributed by atoms with E-state index >= 15 is 0 Å². The fourth-order valence-corrected chi connectivity index (χ4v) is 1.63. The molecule has 0 amide bonds. The molecule has 13 heavy (non-hydrogen) atoms. The summed E-state index contributed by atoms with van der Waals surface area (Å²) in [7, 11) is 0. The van der Waals surface area contributed by atoms with Crippen molar-refractivity contribution in [1.29, 1.82) is 0 Å². The number of hydrogen-bond donors (Lipinski definition) is 0. The fraction of sp³-hybridized carbons (Fsp3) is 0.143. The van der Waals surface area contributed by atoms with Crippen LogP contribution in [-0.4, -0.2) is 0 Å². The second-order valence-corrected chi connectivity index (χ2v) is 3.41. The van der Waals surface area contributed by atoms with E-state index in [1.54, 1.807) is 0 Å². The average Bonchev–Trinajstić information content (AvgIpc) is 1.83. The first-order chi connectivity index (χ1) is 5.41. The van der Waals surface area contributed by atoms with Gasteiger partial charge in [0.2, 0.25) is 0 Å². The molecule has 0 radical (unpaired) electrons. The Morgan fingerprint density at radius 2 is 1.77 bits per heavy atom. The van der Waals surface area contributed by atoms with Gasteiger partial charge in [-0.25, -0.2) is 0 Å². The predicted molar refractivity (Wildman–Crippen MR) is 44.2 cm³/mol. The maximum absolute atomic E-state index is 12.1. The standard InChI is InChI=1S/C7H3BrClF3.Zn/c8-6-3-4(9)1-2-5(6)7(10,11)12;/h1-3H;. The Bertz CT molecular complexity index is 300. The average molecular weight is 325 g/mol. The summed E-state index contributed by atoms with van der Waals surface area (Å²) < 4.78 is 36.3. The number of halogens is 5. The summed E-state index contributed by atoms with van der Waals surface area (Å²) >= 11 is 8.25. The minimum absolute atomic E-state index is 0. The molecule has 0 atom stereocenters. The molecule has 1 rings (SSSR count). The van der Waals surface area contributed by atoms with Crippen molar-refractivity contribution in [2.75, 3.05) is 0 Å². The molecule has 0 N–H and O–H groups in total. The van der Waals surface area contributed by atoms with Gasteiger partial charge in [0.15, 0.2) is 0 Å². The van der Waals surface area contributed by atoms with E-state index in [4.69, 9.17) is 11.6 Å². The van der Waals surface area contributed by atoms with Crippen molar-refractivity contribution in [3.05, 3.63) is 33.3 Å². The Morgan fingerprint density at radius 1 is 1.23 bits per heavy atom. The Labute approximate surface area is 99.3 Å². The van der Waals surface area contributed by atoms with Crippen molar-refractivity contribution in [3.63, 3.8) is 0 Å². The van der Waals surface area contributed by atoms with Crippen LogP contribution < -0.4 is 0 Å². The summed E-state index contributed by atoms with van der Waals surface area (Å²) in [5, 5.41) is 0.273. The van der Waals surface area contributed by atoms with E-state index in [0.717, 1.165) is 6.07 Å². The van der Waals surface area contributed by atoms with Gasteiger partial charge in [-0.2, -0.15) is 13.2 Å². The zero-order valence-electron chi connectivity index (χ0n) is 6.33. The molecule has 0 aromatic heterocycles. The molecule has 0 fully saturated rings. The van der Waals surface area contributed by atoms with Crippen molar-refractivity contribution >= 4 is 27.5 Å². The number of benzene rings is 1. The van der Waals surface area contributed by atoms with Crippen LogP contribution in [0.3, 0.4) is 0 Å². The first-order valence-electron chi connectivity index (χ1n) is 2.93. The molecule has 0 nitrogen and oxygen atoms in total. The molecule has 0 aliphatic heterocycles. The molecule has 0 heterocycles. The minimum Gasteiger partial charge on any atom is -0.166 e. The van der Waals surface area contributed by atoms with Crippen molar-refractivity contribution in [2.24, 2.45) is 0 Å². The molecule has 0 saturated heterocycles. The van der Waals surface area contributed by atoms with Crippen molar-refractivity contribution in [3.8, 4) is 0 Å². The molecule has 0 spiro atoms. The predicted octanol–water partition coefficient (Wildman–Crippen LogP) is 4.12. The van der Waals surface area contributed by atoms with E-state index < -0.39 is 11.7 Å². The van der Waals surface area contributed by atoms with E-state index in [2.05, 4.69) is 15.9 Å². The topological polar surface area (TPSA) is 0 Å². The zero-order valence-corrected chi connectivity index (χ0v) is 11.6. The van der Waals surface area contributed by atoms with Gasteiger partial charge in [0.1, 0.15) is 0 Å². The summed E-state index contributed by atoms with van der Waals surface area (Å²) in [6, 6.07) is 3.35. The summed E-state index contributed by atoms with van der Waals surface area (Å²) in [5.74, 6) is 0. The fourth-order valence-electron chi connectivity index (χ4n) is 0.719. The van der Waals surface area contributed by atoms with Crippen LogP contribution in [0.2, 0.25) is 5.02 Å². The molecular formula is C7H3BrClF3Zn. The summed E-state index contributed by atoms with van der Waals surface area (Å²) in [6.07, 6.45) is -4.33. The smallest absolute Gasteiger partial charge is 0.166 e. The SMILES string of the molecule is FC(F)(F)c1ccc(Cl)cc1Br.[Zn]. The van der Waals surface area contributed by atoms with E-state index in [0.29, 0.717) is 0 Å². The Hall–Kier alpha value is 0.403. The van der Waals surface area contributed by atoms with E-state index in [1.807, 2.05) is 0 Å². The van der Waals surface area contributed by atoms with E-state index in [9.17, 15) is 13.2 Å². The number of alkyl halides is 3. The summed E-state index contributed by atoms with van der Waals surface area (Å²) in [6.45, 7) is 0. The van der Waals surface area contributed by atoms with Crippen LogP contribution in [0.4, 0.5) is 13.2 Å². The quantitative estimate of drug-likeness (QED) is 0.630. The molecule has 0 aliphatic rings. The first-order valence-corrected chi connectivity index (χ1v) is 4.10. The number of hydrogen-bond acceptors (Lipinski definition) is 0. The molecule has 0 saturated carbocycles. The van der Waals surface area contributed by atoms with Crippen LogP contribution in [0.25, 0.3) is 0 Å². The molecule has 1 aromatic carbocycles. The third-order valence-corrected chi connectivity index (χ3v) is 2.13. The summed E-state index contributed by atoms with van der Waals surface area (Å²) in [5.41, 5.74) is -0.716. The van der Waals surface area contributed by atoms with Crippen LogP contribution >= 0.6 is 27.5 Å². The number of rotatable bonds is 0. The van der Waals surface area contributed by atoms with Gasteiger partial charge in [0, 0.05) is 29.0 Å². The molecular weight excluding hydrogens is 322 g/mol. The Balaban J connectivity index is 0.00000144. The van der Waals surface area contributed by atoms with Gasteiger partial charge >= 0.3 is 6.18 Å². The third-order valence-electron chi connectivity index (χ3n) is 1.24. The van der Waals surface area contributed by atoms with Crippen molar-refractivity contribution in [2.45, 2.75) is 6.18 Å². The molecule has 0 bridgehead atoms. The first kappa shape index (κ1) is 13.4. The summed E-state index contributed by atoms with van der Waals surface area (Å²) in [4.78, 5) is 0. The largest absolute Gasteiger partial charge is 0.417 e. The molecule has 0 unspecified atom stereocenters. The van der Waals surface area contributed by atoms with E-state index in [1.165, 1.54) is 12.1 Å². The van der Waals surface area contributed by atoms with Gasteiger partial charge in [0.25, 0.3) is 0 Å². The van der Waals surface area contributed by atoms with E-state index in [-0.39, 0.29) is 29.0 Å². The van der Waals surface area contributed by atoms with Crippen molar-refractivity contribution < 1.29 is 32.6 Å². The zero-order chi connectivity index (χ0) is 9.35. The third kappa shape index (κ3) is 3.57.